The zero-order chi connectivity index (χ0) is 11.6. The second kappa shape index (κ2) is 4.34. The van der Waals surface area contributed by atoms with Gasteiger partial charge in [-0.2, -0.15) is 0 Å². The maximum Gasteiger partial charge on any atom is 0.319 e. The third-order valence-electron chi connectivity index (χ3n) is 2.52. The molecule has 0 fully saturated rings. The molecule has 0 unspecified atom stereocenters. The number of urea groups is 1. The first-order valence-electron chi connectivity index (χ1n) is 5.09. The largest absolute Gasteiger partial charge is 0.351 e. The molecule has 0 atom stereocenters. The van der Waals surface area contributed by atoms with Gasteiger partial charge in [-0.1, -0.05) is 6.07 Å². The van der Waals surface area contributed by atoms with E-state index in [4.69, 9.17) is 5.73 Å². The van der Waals surface area contributed by atoms with Gasteiger partial charge < -0.3 is 5.73 Å². The summed E-state index contributed by atoms with van der Waals surface area (Å²) >= 11 is 0. The number of aryl methyl sites for hydroxylation is 2. The molecule has 0 saturated carbocycles. The van der Waals surface area contributed by atoms with Gasteiger partial charge in [0.25, 0.3) is 0 Å². The van der Waals surface area contributed by atoms with E-state index in [0.717, 1.165) is 5.69 Å². The lowest BCUT2D eigenvalue weighted by atomic mass is 10.1. The Labute approximate surface area is 90.9 Å². The molecular weight excluding hydrogens is 188 g/mol. The lowest BCUT2D eigenvalue weighted by molar-refractivity contribution is 0.252. The van der Waals surface area contributed by atoms with Crippen molar-refractivity contribution in [3.63, 3.8) is 0 Å². The molecule has 0 radical (unpaired) electrons. The van der Waals surface area contributed by atoms with Crippen LogP contribution in [0.5, 0.6) is 0 Å². The minimum Gasteiger partial charge on any atom is -0.351 e. The van der Waals surface area contributed by atoms with E-state index in [2.05, 4.69) is 0 Å². The number of benzene rings is 1. The molecule has 3 nitrogen and oxygen atoms in total. The monoisotopic (exact) mass is 206 g/mol. The van der Waals surface area contributed by atoms with Crippen molar-refractivity contribution in [1.82, 2.24) is 0 Å². The van der Waals surface area contributed by atoms with Crippen LogP contribution < -0.4 is 10.6 Å². The Morgan fingerprint density at radius 3 is 2.27 bits per heavy atom. The molecule has 0 saturated heterocycles. The third-order valence-corrected chi connectivity index (χ3v) is 2.52. The second-order valence-corrected chi connectivity index (χ2v) is 4.07. The van der Waals surface area contributed by atoms with Crippen LogP contribution in [0.15, 0.2) is 18.2 Å². The van der Waals surface area contributed by atoms with Crippen LogP contribution in [-0.2, 0) is 0 Å². The van der Waals surface area contributed by atoms with E-state index in [-0.39, 0.29) is 6.04 Å². The Balaban J connectivity index is 3.12. The van der Waals surface area contributed by atoms with E-state index < -0.39 is 6.03 Å². The van der Waals surface area contributed by atoms with Crippen LogP contribution in [0.2, 0.25) is 0 Å². The van der Waals surface area contributed by atoms with Gasteiger partial charge in [-0.15, -0.1) is 0 Å². The van der Waals surface area contributed by atoms with Crippen molar-refractivity contribution in [2.75, 3.05) is 4.90 Å². The molecule has 2 amide bonds. The molecule has 0 aliphatic rings. The van der Waals surface area contributed by atoms with E-state index in [9.17, 15) is 4.79 Å². The van der Waals surface area contributed by atoms with Crippen molar-refractivity contribution in [3.05, 3.63) is 29.3 Å². The van der Waals surface area contributed by atoms with Gasteiger partial charge in [0.15, 0.2) is 0 Å². The molecule has 1 aromatic carbocycles. The zero-order valence-electron chi connectivity index (χ0n) is 9.74. The number of nitrogens with zero attached hydrogens (tertiary/aromatic N) is 1. The molecule has 0 heterocycles. The van der Waals surface area contributed by atoms with E-state index in [1.807, 2.05) is 45.9 Å². The molecule has 0 aliphatic carbocycles. The van der Waals surface area contributed by atoms with Crippen LogP contribution in [0.1, 0.15) is 25.0 Å². The predicted molar refractivity (Wildman–Crippen MR) is 63.1 cm³/mol. The van der Waals surface area contributed by atoms with Gasteiger partial charge in [-0.05, 0) is 51.0 Å². The minimum atomic E-state index is -0.409. The van der Waals surface area contributed by atoms with Gasteiger partial charge in [0.2, 0.25) is 0 Å². The van der Waals surface area contributed by atoms with Crippen molar-refractivity contribution in [1.29, 1.82) is 0 Å². The Kier molecular flexibility index (Phi) is 3.35. The highest BCUT2D eigenvalue weighted by molar-refractivity contribution is 5.91. The number of amides is 2. The lowest BCUT2D eigenvalue weighted by Crippen LogP contribution is -2.40. The van der Waals surface area contributed by atoms with Crippen molar-refractivity contribution < 1.29 is 4.79 Å². The topological polar surface area (TPSA) is 46.3 Å². The number of rotatable bonds is 2. The van der Waals surface area contributed by atoms with Crippen molar-refractivity contribution in [2.24, 2.45) is 5.73 Å². The number of carbonyl (C=O) groups excluding carboxylic acids is 1. The van der Waals surface area contributed by atoms with Gasteiger partial charge in [-0.25, -0.2) is 4.79 Å². The number of carbonyl (C=O) groups is 1. The normalized spacial score (nSPS) is 10.5. The molecule has 0 aromatic heterocycles. The van der Waals surface area contributed by atoms with E-state index >= 15 is 0 Å². The molecule has 1 rings (SSSR count). The summed E-state index contributed by atoms with van der Waals surface area (Å²) in [6, 6.07) is 5.58. The molecule has 1 aromatic rings. The minimum absolute atomic E-state index is 0.0737. The van der Waals surface area contributed by atoms with Gasteiger partial charge >= 0.3 is 6.03 Å². The summed E-state index contributed by atoms with van der Waals surface area (Å²) in [5, 5.41) is 0. The first-order valence-corrected chi connectivity index (χ1v) is 5.09. The molecule has 2 N–H and O–H groups in total. The van der Waals surface area contributed by atoms with Crippen LogP contribution in [0.25, 0.3) is 0 Å². The highest BCUT2D eigenvalue weighted by Gasteiger charge is 2.15. The van der Waals surface area contributed by atoms with Crippen molar-refractivity contribution >= 4 is 11.7 Å². The molecule has 0 bridgehead atoms. The van der Waals surface area contributed by atoms with Crippen LogP contribution in [0.3, 0.4) is 0 Å². The van der Waals surface area contributed by atoms with Crippen molar-refractivity contribution in [3.8, 4) is 0 Å². The Bertz CT molecular complexity index is 372. The first kappa shape index (κ1) is 11.6. The third kappa shape index (κ3) is 2.49. The van der Waals surface area contributed by atoms with Crippen LogP contribution in [-0.4, -0.2) is 12.1 Å². The number of anilines is 1. The Morgan fingerprint density at radius 1 is 1.27 bits per heavy atom. The summed E-state index contributed by atoms with van der Waals surface area (Å²) < 4.78 is 0. The zero-order valence-corrected chi connectivity index (χ0v) is 9.74. The fraction of sp³-hybridized carbons (Fsp3) is 0.417. The highest BCUT2D eigenvalue weighted by Crippen LogP contribution is 2.20. The number of nitrogens with two attached hydrogens (primary N) is 1. The van der Waals surface area contributed by atoms with Gasteiger partial charge in [0, 0.05) is 11.7 Å². The Morgan fingerprint density at radius 2 is 1.87 bits per heavy atom. The predicted octanol–water partition coefficient (Wildman–Crippen LogP) is 2.60. The number of hydrogen-bond donors (Lipinski definition) is 1. The second-order valence-electron chi connectivity index (χ2n) is 4.07. The summed E-state index contributed by atoms with van der Waals surface area (Å²) in [4.78, 5) is 12.9. The van der Waals surface area contributed by atoms with Gasteiger partial charge in [0.05, 0.1) is 0 Å². The van der Waals surface area contributed by atoms with Crippen molar-refractivity contribution in [2.45, 2.75) is 33.7 Å². The first-order chi connectivity index (χ1) is 6.93. The number of hydrogen-bond acceptors (Lipinski definition) is 1. The van der Waals surface area contributed by atoms with E-state index in [0.29, 0.717) is 0 Å². The van der Waals surface area contributed by atoms with Gasteiger partial charge in [0.1, 0.15) is 0 Å². The molecule has 0 aliphatic heterocycles. The smallest absolute Gasteiger partial charge is 0.319 e. The number of primary amides is 1. The molecule has 3 heteroatoms. The molecular formula is C12H18N2O. The summed E-state index contributed by atoms with van der Waals surface area (Å²) in [5.74, 6) is 0. The standard InChI is InChI=1S/C12H18N2O/c1-8(2)14(12(13)15)11-6-5-9(3)10(4)7-11/h5-8H,1-4H3,(H2,13,15). The van der Waals surface area contributed by atoms with Gasteiger partial charge in [-0.3, -0.25) is 4.90 Å². The highest BCUT2D eigenvalue weighted by atomic mass is 16.2. The SMILES string of the molecule is Cc1ccc(N(C(N)=O)C(C)C)cc1C. The fourth-order valence-corrected chi connectivity index (χ4v) is 1.56. The average molecular weight is 206 g/mol. The summed E-state index contributed by atoms with van der Waals surface area (Å²) in [7, 11) is 0. The van der Waals surface area contributed by atoms with Crippen LogP contribution >= 0.6 is 0 Å². The summed E-state index contributed by atoms with van der Waals surface area (Å²) in [6.07, 6.45) is 0. The quantitative estimate of drug-likeness (QED) is 0.794. The molecule has 15 heavy (non-hydrogen) atoms. The Hall–Kier alpha value is -1.51. The lowest BCUT2D eigenvalue weighted by Gasteiger charge is -2.25. The average Bonchev–Trinajstić information content (AvgIpc) is 2.10. The summed E-state index contributed by atoms with van der Waals surface area (Å²) in [6.45, 7) is 7.96. The maximum atomic E-state index is 11.3. The van der Waals surface area contributed by atoms with Crippen LogP contribution in [0.4, 0.5) is 10.5 Å². The molecule has 0 spiro atoms. The van der Waals surface area contributed by atoms with E-state index in [1.54, 1.807) is 4.90 Å². The maximum absolute atomic E-state index is 11.3. The van der Waals surface area contributed by atoms with E-state index in [1.165, 1.54) is 11.1 Å². The fourth-order valence-electron chi connectivity index (χ4n) is 1.56. The summed E-state index contributed by atoms with van der Waals surface area (Å²) in [5.41, 5.74) is 8.59. The van der Waals surface area contributed by atoms with Crippen LogP contribution in [0, 0.1) is 13.8 Å². The molecule has 82 valence electrons.